The van der Waals surface area contributed by atoms with Gasteiger partial charge in [-0.1, -0.05) is 103 Å². The lowest BCUT2D eigenvalue weighted by molar-refractivity contribution is -0.242. The number of aliphatic hydroxyl groups excluding tert-OH is 1. The summed E-state index contributed by atoms with van der Waals surface area (Å²) in [7, 11) is 0. The maximum Gasteiger partial charge on any atom is 0.160 e. The standard InChI is InChI=1S/C27H29ClO5/c28-27-26(32-18-22-14-8-3-9-15-22)24(29)25(31-17-21-12-6-2-7-13-21)23(33-27)19-30-16-20-10-4-1-5-11-20/h1-15,23-27,29H,16-19H2/t23-,24+,25+,26-,27+/m1/s1. The molecule has 3 aromatic carbocycles. The second-order valence-corrected chi connectivity index (χ2v) is 8.47. The zero-order chi connectivity index (χ0) is 22.9. The van der Waals surface area contributed by atoms with Crippen LogP contribution in [0, 0.1) is 0 Å². The van der Waals surface area contributed by atoms with Crippen LogP contribution in [-0.2, 0) is 38.8 Å². The quantitative estimate of drug-likeness (QED) is 0.437. The van der Waals surface area contributed by atoms with E-state index in [1.165, 1.54) is 0 Å². The molecule has 0 amide bonds. The molecule has 1 saturated heterocycles. The molecule has 4 rings (SSSR count). The van der Waals surface area contributed by atoms with Crippen molar-refractivity contribution < 1.29 is 24.1 Å². The Morgan fingerprint density at radius 2 is 1.12 bits per heavy atom. The van der Waals surface area contributed by atoms with Crippen LogP contribution in [0.5, 0.6) is 0 Å². The monoisotopic (exact) mass is 468 g/mol. The highest BCUT2D eigenvalue weighted by Gasteiger charge is 2.46. The highest BCUT2D eigenvalue weighted by Crippen LogP contribution is 2.29. The normalized spacial score (nSPS) is 25.1. The second-order valence-electron chi connectivity index (χ2n) is 8.04. The molecule has 0 spiro atoms. The highest BCUT2D eigenvalue weighted by molar-refractivity contribution is 6.20. The molecule has 1 aliphatic heterocycles. The molecule has 0 aromatic heterocycles. The van der Waals surface area contributed by atoms with Crippen molar-refractivity contribution in [2.45, 2.75) is 49.8 Å². The second kappa shape index (κ2) is 12.3. The summed E-state index contributed by atoms with van der Waals surface area (Å²) in [6, 6.07) is 29.5. The Balaban J connectivity index is 1.41. The Hall–Kier alpha value is -2.25. The van der Waals surface area contributed by atoms with E-state index < -0.39 is 30.0 Å². The van der Waals surface area contributed by atoms with Gasteiger partial charge in [0.2, 0.25) is 0 Å². The van der Waals surface area contributed by atoms with E-state index in [2.05, 4.69) is 0 Å². The molecular formula is C27H29ClO5. The van der Waals surface area contributed by atoms with Crippen molar-refractivity contribution in [1.82, 2.24) is 0 Å². The third-order valence-corrected chi connectivity index (χ3v) is 5.92. The molecule has 33 heavy (non-hydrogen) atoms. The maximum atomic E-state index is 11.2. The summed E-state index contributed by atoms with van der Waals surface area (Å²) in [4.78, 5) is 0. The SMILES string of the molecule is O[C@@H]1[C@@H](OCc2ccccc2)[C@@H](Cl)O[C@H](COCc2ccccc2)[C@@H]1OCc1ccccc1. The Kier molecular flexibility index (Phi) is 8.89. The van der Waals surface area contributed by atoms with Crippen LogP contribution in [0.4, 0.5) is 0 Å². The van der Waals surface area contributed by atoms with Gasteiger partial charge in [-0.05, 0) is 16.7 Å². The van der Waals surface area contributed by atoms with E-state index in [1.807, 2.05) is 91.0 Å². The highest BCUT2D eigenvalue weighted by atomic mass is 35.5. The van der Waals surface area contributed by atoms with Gasteiger partial charge in [-0.15, -0.1) is 0 Å². The van der Waals surface area contributed by atoms with Crippen molar-refractivity contribution in [2.75, 3.05) is 6.61 Å². The molecule has 0 bridgehead atoms. The van der Waals surface area contributed by atoms with Crippen molar-refractivity contribution >= 4 is 11.6 Å². The van der Waals surface area contributed by atoms with Gasteiger partial charge in [0.1, 0.15) is 24.4 Å². The molecule has 174 valence electrons. The first-order valence-corrected chi connectivity index (χ1v) is 11.5. The van der Waals surface area contributed by atoms with Crippen LogP contribution in [0.2, 0.25) is 0 Å². The lowest BCUT2D eigenvalue weighted by Crippen LogP contribution is -2.58. The number of hydrogen-bond acceptors (Lipinski definition) is 5. The van der Waals surface area contributed by atoms with Crippen LogP contribution >= 0.6 is 11.6 Å². The van der Waals surface area contributed by atoms with Crippen molar-refractivity contribution in [1.29, 1.82) is 0 Å². The number of halogens is 1. The van der Waals surface area contributed by atoms with E-state index in [-0.39, 0.29) is 6.61 Å². The fraction of sp³-hybridized carbons (Fsp3) is 0.333. The van der Waals surface area contributed by atoms with Gasteiger partial charge < -0.3 is 24.1 Å². The number of hydrogen-bond donors (Lipinski definition) is 1. The Morgan fingerprint density at radius 3 is 1.64 bits per heavy atom. The van der Waals surface area contributed by atoms with Crippen LogP contribution in [0.1, 0.15) is 16.7 Å². The van der Waals surface area contributed by atoms with E-state index in [9.17, 15) is 5.11 Å². The van der Waals surface area contributed by atoms with Gasteiger partial charge in [-0.3, -0.25) is 0 Å². The summed E-state index contributed by atoms with van der Waals surface area (Å²) in [6.45, 7) is 1.32. The molecule has 0 saturated carbocycles. The molecule has 0 unspecified atom stereocenters. The van der Waals surface area contributed by atoms with Crippen molar-refractivity contribution in [3.05, 3.63) is 108 Å². The van der Waals surface area contributed by atoms with E-state index in [0.29, 0.717) is 19.8 Å². The van der Waals surface area contributed by atoms with Crippen molar-refractivity contribution in [3.63, 3.8) is 0 Å². The van der Waals surface area contributed by atoms with Crippen LogP contribution in [-0.4, -0.2) is 41.7 Å². The minimum absolute atomic E-state index is 0.236. The summed E-state index contributed by atoms with van der Waals surface area (Å²) in [5.41, 5.74) is 2.22. The third kappa shape index (κ3) is 6.87. The van der Waals surface area contributed by atoms with Gasteiger partial charge >= 0.3 is 0 Å². The molecule has 3 aromatic rings. The minimum atomic E-state index is -0.973. The Bertz CT molecular complexity index is 939. The van der Waals surface area contributed by atoms with Crippen LogP contribution in [0.3, 0.4) is 0 Å². The average Bonchev–Trinajstić information content (AvgIpc) is 2.85. The fourth-order valence-electron chi connectivity index (χ4n) is 3.80. The Labute approximate surface area is 199 Å². The van der Waals surface area contributed by atoms with Gasteiger partial charge in [-0.25, -0.2) is 0 Å². The predicted octanol–water partition coefficient (Wildman–Crippen LogP) is 4.70. The third-order valence-electron chi connectivity index (χ3n) is 5.57. The van der Waals surface area contributed by atoms with Gasteiger partial charge in [0.05, 0.1) is 26.4 Å². The molecule has 0 aliphatic carbocycles. The maximum absolute atomic E-state index is 11.2. The van der Waals surface area contributed by atoms with Gasteiger partial charge in [0.15, 0.2) is 5.56 Å². The number of aliphatic hydroxyl groups is 1. The first-order valence-electron chi connectivity index (χ1n) is 11.1. The molecule has 5 nitrogen and oxygen atoms in total. The zero-order valence-electron chi connectivity index (χ0n) is 18.3. The molecule has 1 fully saturated rings. The number of benzene rings is 3. The number of rotatable bonds is 10. The van der Waals surface area contributed by atoms with Gasteiger partial charge in [0.25, 0.3) is 0 Å². The van der Waals surface area contributed by atoms with Crippen LogP contribution < -0.4 is 0 Å². The first kappa shape index (κ1) is 23.9. The van der Waals surface area contributed by atoms with E-state index in [4.69, 9.17) is 30.5 Å². The molecule has 1 aliphatic rings. The summed E-state index contributed by atoms with van der Waals surface area (Å²) in [5.74, 6) is 0. The molecule has 1 N–H and O–H groups in total. The van der Waals surface area contributed by atoms with Crippen molar-refractivity contribution in [2.24, 2.45) is 0 Å². The molecule has 1 heterocycles. The lowest BCUT2D eigenvalue weighted by atomic mass is 9.99. The molecule has 5 atom stereocenters. The summed E-state index contributed by atoms with van der Waals surface area (Å²) in [5, 5.41) is 11.2. The smallest absolute Gasteiger partial charge is 0.160 e. The largest absolute Gasteiger partial charge is 0.387 e. The van der Waals surface area contributed by atoms with E-state index in [0.717, 1.165) is 16.7 Å². The minimum Gasteiger partial charge on any atom is -0.387 e. The molecule has 6 heteroatoms. The first-order chi connectivity index (χ1) is 16.2. The van der Waals surface area contributed by atoms with Crippen LogP contribution in [0.15, 0.2) is 91.0 Å². The van der Waals surface area contributed by atoms with E-state index in [1.54, 1.807) is 0 Å². The number of alkyl halides is 1. The summed E-state index contributed by atoms with van der Waals surface area (Å²) >= 11 is 6.50. The summed E-state index contributed by atoms with van der Waals surface area (Å²) in [6.07, 6.45) is -2.90. The van der Waals surface area contributed by atoms with Gasteiger partial charge in [0, 0.05) is 0 Å². The topological polar surface area (TPSA) is 57.2 Å². The molecular weight excluding hydrogens is 440 g/mol. The van der Waals surface area contributed by atoms with Gasteiger partial charge in [-0.2, -0.15) is 0 Å². The zero-order valence-corrected chi connectivity index (χ0v) is 19.1. The Morgan fingerprint density at radius 1 is 0.667 bits per heavy atom. The number of ether oxygens (including phenoxy) is 4. The van der Waals surface area contributed by atoms with Crippen LogP contribution in [0.25, 0.3) is 0 Å². The predicted molar refractivity (Wildman–Crippen MR) is 127 cm³/mol. The van der Waals surface area contributed by atoms with E-state index >= 15 is 0 Å². The van der Waals surface area contributed by atoms with Crippen molar-refractivity contribution in [3.8, 4) is 0 Å². The fourth-order valence-corrected chi connectivity index (χ4v) is 4.15. The average molecular weight is 469 g/mol. The lowest BCUT2D eigenvalue weighted by Gasteiger charge is -2.42. The summed E-state index contributed by atoms with van der Waals surface area (Å²) < 4.78 is 24.0. The molecule has 0 radical (unpaired) electrons.